The number of halogens is 1. The Morgan fingerprint density at radius 3 is 2.46 bits per heavy atom. The third-order valence-electron chi connectivity index (χ3n) is 5.18. The van der Waals surface area contributed by atoms with Crippen LogP contribution in [-0.2, 0) is 6.54 Å². The summed E-state index contributed by atoms with van der Waals surface area (Å²) in [5, 5.41) is 12.3. The summed E-state index contributed by atoms with van der Waals surface area (Å²) in [4.78, 5) is 13.4. The third-order valence-corrected chi connectivity index (χ3v) is 5.18. The number of carbonyl (C=O) groups is 1. The highest BCUT2D eigenvalue weighted by Gasteiger charge is 2.18. The van der Waals surface area contributed by atoms with E-state index in [1.807, 2.05) is 77.5 Å². The normalized spacial score (nSPS) is 12.5. The summed E-state index contributed by atoms with van der Waals surface area (Å²) in [5.74, 6) is -0.00413. The van der Waals surface area contributed by atoms with Crippen LogP contribution in [0.2, 0.25) is 0 Å². The maximum atomic E-state index is 13.4. The molecule has 0 aliphatic heterocycles. The van der Waals surface area contributed by atoms with Crippen LogP contribution in [0.4, 0.5) is 4.39 Å². The van der Waals surface area contributed by atoms with E-state index in [1.165, 1.54) is 0 Å². The Bertz CT molecular complexity index is 1130. The van der Waals surface area contributed by atoms with E-state index in [-0.39, 0.29) is 5.78 Å². The molecule has 0 saturated carbocycles. The van der Waals surface area contributed by atoms with Crippen molar-refractivity contribution in [2.75, 3.05) is 6.67 Å². The Morgan fingerprint density at radius 1 is 0.929 bits per heavy atom. The predicted molar refractivity (Wildman–Crippen MR) is 111 cm³/mol. The minimum atomic E-state index is -0.918. The quantitative estimate of drug-likeness (QED) is 0.455. The topological polar surface area (TPSA) is 42.2 Å². The molecule has 3 nitrogen and oxygen atoms in total. The summed E-state index contributed by atoms with van der Waals surface area (Å²) < 4.78 is 14.5. The fourth-order valence-electron chi connectivity index (χ4n) is 3.76. The number of fused-ring (bicyclic) bond motifs is 2. The Kier molecular flexibility index (Phi) is 5.22. The molecule has 0 fully saturated rings. The van der Waals surface area contributed by atoms with Crippen LogP contribution in [-0.4, -0.2) is 28.2 Å². The van der Waals surface area contributed by atoms with Crippen molar-refractivity contribution in [1.82, 2.24) is 4.57 Å². The fourth-order valence-corrected chi connectivity index (χ4v) is 3.76. The van der Waals surface area contributed by atoms with Crippen LogP contribution >= 0.6 is 0 Å². The van der Waals surface area contributed by atoms with Crippen molar-refractivity contribution >= 4 is 27.5 Å². The van der Waals surface area contributed by atoms with Crippen molar-refractivity contribution in [2.45, 2.75) is 25.5 Å². The molecule has 142 valence electrons. The summed E-state index contributed by atoms with van der Waals surface area (Å²) in [5.41, 5.74) is 2.33. The minimum Gasteiger partial charge on any atom is -0.390 e. The van der Waals surface area contributed by atoms with E-state index in [1.54, 1.807) is 0 Å². The van der Waals surface area contributed by atoms with E-state index in [9.17, 15) is 14.3 Å². The third kappa shape index (κ3) is 3.43. The van der Waals surface area contributed by atoms with Gasteiger partial charge in [0.15, 0.2) is 5.78 Å². The number of alkyl halides is 1. The number of hydrogen-bond acceptors (Lipinski definition) is 2. The molecule has 0 aliphatic rings. The fraction of sp³-hybridized carbons (Fsp3) is 0.208. The van der Waals surface area contributed by atoms with E-state index in [0.717, 1.165) is 21.7 Å². The van der Waals surface area contributed by atoms with E-state index in [4.69, 9.17) is 0 Å². The van der Waals surface area contributed by atoms with Crippen LogP contribution in [0.3, 0.4) is 0 Å². The molecule has 1 N–H and O–H groups in total. The largest absolute Gasteiger partial charge is 0.390 e. The van der Waals surface area contributed by atoms with Crippen LogP contribution in [0, 0.1) is 0 Å². The summed E-state index contributed by atoms with van der Waals surface area (Å²) in [6.07, 6.45) is 2.01. The maximum absolute atomic E-state index is 13.4. The number of benzene rings is 3. The molecule has 0 aliphatic carbocycles. The second kappa shape index (κ2) is 7.95. The second-order valence-corrected chi connectivity index (χ2v) is 7.06. The van der Waals surface area contributed by atoms with Gasteiger partial charge in [0.1, 0.15) is 6.67 Å². The first kappa shape index (κ1) is 18.4. The maximum Gasteiger partial charge on any atom is 0.195 e. The van der Waals surface area contributed by atoms with Crippen molar-refractivity contribution in [3.8, 4) is 0 Å². The molecule has 0 saturated heterocycles. The summed E-state index contributed by atoms with van der Waals surface area (Å²) in [7, 11) is 0. The van der Waals surface area contributed by atoms with Gasteiger partial charge in [-0.3, -0.25) is 4.79 Å². The molecule has 0 amide bonds. The van der Waals surface area contributed by atoms with E-state index in [0.29, 0.717) is 30.5 Å². The molecule has 1 unspecified atom stereocenters. The molecule has 1 aromatic heterocycles. The Labute approximate surface area is 163 Å². The van der Waals surface area contributed by atoms with Gasteiger partial charge >= 0.3 is 0 Å². The van der Waals surface area contributed by atoms with E-state index < -0.39 is 12.8 Å². The Balaban J connectivity index is 1.73. The molecule has 4 rings (SSSR count). The van der Waals surface area contributed by atoms with Gasteiger partial charge in [-0.25, -0.2) is 4.39 Å². The van der Waals surface area contributed by atoms with Gasteiger partial charge < -0.3 is 9.67 Å². The first-order valence-electron chi connectivity index (χ1n) is 9.53. The first-order valence-corrected chi connectivity index (χ1v) is 9.53. The summed E-state index contributed by atoms with van der Waals surface area (Å²) in [6.45, 7) is -0.0996. The highest BCUT2D eigenvalue weighted by molar-refractivity contribution is 6.21. The summed E-state index contributed by atoms with van der Waals surface area (Å²) >= 11 is 0. The SMILES string of the molecule is O=C(c1cccc2ccccc12)c1cn(CCCC(O)CF)c2ccccc12. The van der Waals surface area contributed by atoms with Crippen molar-refractivity contribution in [1.29, 1.82) is 0 Å². The molecule has 4 heteroatoms. The highest BCUT2D eigenvalue weighted by Crippen LogP contribution is 2.27. The number of carbonyl (C=O) groups excluding carboxylic acids is 1. The van der Waals surface area contributed by atoms with Gasteiger partial charge in [-0.2, -0.15) is 0 Å². The smallest absolute Gasteiger partial charge is 0.195 e. The Hall–Kier alpha value is -2.98. The lowest BCUT2D eigenvalue weighted by atomic mass is 9.97. The molecule has 0 radical (unpaired) electrons. The van der Waals surface area contributed by atoms with Crippen LogP contribution in [0.5, 0.6) is 0 Å². The second-order valence-electron chi connectivity index (χ2n) is 7.06. The van der Waals surface area contributed by atoms with Gasteiger partial charge in [0.2, 0.25) is 0 Å². The molecule has 0 bridgehead atoms. The van der Waals surface area contributed by atoms with Crippen LogP contribution in [0.25, 0.3) is 21.7 Å². The van der Waals surface area contributed by atoms with Crippen LogP contribution < -0.4 is 0 Å². The number of aromatic nitrogens is 1. The zero-order valence-electron chi connectivity index (χ0n) is 15.5. The number of aliphatic hydroxyl groups excluding tert-OH is 1. The van der Waals surface area contributed by atoms with Gasteiger partial charge in [0, 0.05) is 34.8 Å². The minimum absolute atomic E-state index is 0.00413. The zero-order valence-corrected chi connectivity index (χ0v) is 15.5. The number of aryl methyl sites for hydroxylation is 1. The first-order chi connectivity index (χ1) is 13.7. The van der Waals surface area contributed by atoms with Gasteiger partial charge in [0.25, 0.3) is 0 Å². The molecule has 1 heterocycles. The van der Waals surface area contributed by atoms with Crippen LogP contribution in [0.1, 0.15) is 28.8 Å². The standard InChI is InChI=1S/C24H22FNO2/c25-15-18(27)9-6-14-26-16-22(20-11-3-4-13-23(20)26)24(28)21-12-5-8-17-7-1-2-10-19(17)21/h1-5,7-8,10-13,16,18,27H,6,9,14-15H2. The molecule has 0 spiro atoms. The summed E-state index contributed by atoms with van der Waals surface area (Å²) in [6, 6.07) is 21.5. The highest BCUT2D eigenvalue weighted by atomic mass is 19.1. The molecular formula is C24H22FNO2. The number of aliphatic hydroxyl groups is 1. The monoisotopic (exact) mass is 375 g/mol. The number of hydrogen-bond donors (Lipinski definition) is 1. The molecule has 28 heavy (non-hydrogen) atoms. The lowest BCUT2D eigenvalue weighted by Crippen LogP contribution is -2.10. The number of rotatable bonds is 7. The molecule has 1 atom stereocenters. The molecular weight excluding hydrogens is 353 g/mol. The molecule has 4 aromatic rings. The van der Waals surface area contributed by atoms with Gasteiger partial charge in [0.05, 0.1) is 6.10 Å². The van der Waals surface area contributed by atoms with Crippen molar-refractivity contribution in [3.63, 3.8) is 0 Å². The van der Waals surface area contributed by atoms with Gasteiger partial charge in [-0.1, -0.05) is 60.7 Å². The number of nitrogens with zero attached hydrogens (tertiary/aromatic N) is 1. The van der Waals surface area contributed by atoms with E-state index in [2.05, 4.69) is 0 Å². The average Bonchev–Trinajstić information content (AvgIpc) is 3.11. The van der Waals surface area contributed by atoms with Crippen molar-refractivity contribution in [3.05, 3.63) is 84.1 Å². The number of para-hydroxylation sites is 1. The average molecular weight is 375 g/mol. The van der Waals surface area contributed by atoms with Crippen LogP contribution in [0.15, 0.2) is 72.9 Å². The molecule has 3 aromatic carbocycles. The van der Waals surface area contributed by atoms with Crippen molar-refractivity contribution < 1.29 is 14.3 Å². The Morgan fingerprint density at radius 2 is 1.64 bits per heavy atom. The van der Waals surface area contributed by atoms with Crippen molar-refractivity contribution in [2.24, 2.45) is 0 Å². The van der Waals surface area contributed by atoms with Gasteiger partial charge in [-0.05, 0) is 29.7 Å². The van der Waals surface area contributed by atoms with Gasteiger partial charge in [-0.15, -0.1) is 0 Å². The predicted octanol–water partition coefficient (Wildman–Crippen LogP) is 5.14. The van der Waals surface area contributed by atoms with E-state index >= 15 is 0 Å². The lowest BCUT2D eigenvalue weighted by Gasteiger charge is -2.07. The number of ketones is 1. The zero-order chi connectivity index (χ0) is 19.5. The lowest BCUT2D eigenvalue weighted by molar-refractivity contribution is 0.104.